The second-order valence-corrected chi connectivity index (χ2v) is 5.98. The smallest absolute Gasteiger partial charge is 0.0917 e. The Morgan fingerprint density at radius 2 is 2.21 bits per heavy atom. The quantitative estimate of drug-likeness (QED) is 0.903. The molecule has 0 bridgehead atoms. The maximum Gasteiger partial charge on any atom is 0.0917 e. The molecule has 1 saturated heterocycles. The van der Waals surface area contributed by atoms with Crippen molar-refractivity contribution >= 4 is 11.6 Å². The van der Waals surface area contributed by atoms with Crippen molar-refractivity contribution in [3.63, 3.8) is 0 Å². The molecule has 0 aromatic heterocycles. The zero-order valence-corrected chi connectivity index (χ0v) is 12.7. The van der Waals surface area contributed by atoms with E-state index in [9.17, 15) is 5.11 Å². The van der Waals surface area contributed by atoms with Gasteiger partial charge in [-0.3, -0.25) is 4.90 Å². The number of piperidine rings is 1. The number of aliphatic hydroxyl groups is 1. The molecule has 1 fully saturated rings. The minimum atomic E-state index is -0.414. The van der Waals surface area contributed by atoms with Gasteiger partial charge in [-0.2, -0.15) is 0 Å². The zero-order chi connectivity index (χ0) is 13.8. The second-order valence-electron chi connectivity index (χ2n) is 5.58. The summed E-state index contributed by atoms with van der Waals surface area (Å²) in [6.45, 7) is 6.07. The number of rotatable bonds is 4. The van der Waals surface area contributed by atoms with Crippen LogP contribution in [0.1, 0.15) is 49.8 Å². The van der Waals surface area contributed by atoms with Crippen molar-refractivity contribution in [1.82, 2.24) is 4.90 Å². The zero-order valence-electron chi connectivity index (χ0n) is 11.9. The van der Waals surface area contributed by atoms with Crippen LogP contribution < -0.4 is 0 Å². The van der Waals surface area contributed by atoms with Crippen LogP contribution >= 0.6 is 11.6 Å². The molecule has 2 rings (SSSR count). The molecule has 0 amide bonds. The van der Waals surface area contributed by atoms with Crippen molar-refractivity contribution in [2.75, 3.05) is 13.1 Å². The molecule has 0 radical (unpaired) electrons. The Labute approximate surface area is 121 Å². The van der Waals surface area contributed by atoms with Gasteiger partial charge in [-0.1, -0.05) is 37.1 Å². The van der Waals surface area contributed by atoms with Crippen molar-refractivity contribution in [3.8, 4) is 0 Å². The van der Waals surface area contributed by atoms with Gasteiger partial charge in [-0.05, 0) is 49.9 Å². The summed E-state index contributed by atoms with van der Waals surface area (Å²) < 4.78 is 0. The Bertz CT molecular complexity index is 421. The number of benzene rings is 1. The summed E-state index contributed by atoms with van der Waals surface area (Å²) in [5, 5.41) is 11.2. The standard InChI is InChI=1S/C16H24ClNO/c1-3-14-6-4-5-9-18(14)11-16(19)13-7-8-15(17)12(2)10-13/h7-8,10,14,16,19H,3-6,9,11H2,1-2H3. The third-order valence-corrected chi connectivity index (χ3v) is 4.62. The number of hydrogen-bond acceptors (Lipinski definition) is 2. The van der Waals surface area contributed by atoms with Crippen LogP contribution in [-0.4, -0.2) is 29.1 Å². The van der Waals surface area contributed by atoms with E-state index >= 15 is 0 Å². The summed E-state index contributed by atoms with van der Waals surface area (Å²) in [6, 6.07) is 6.45. The molecule has 1 heterocycles. The highest BCUT2D eigenvalue weighted by Gasteiger charge is 2.23. The van der Waals surface area contributed by atoms with E-state index in [1.54, 1.807) is 0 Å². The van der Waals surface area contributed by atoms with Gasteiger partial charge in [-0.15, -0.1) is 0 Å². The molecular formula is C16H24ClNO. The Hall–Kier alpha value is -0.570. The first-order chi connectivity index (χ1) is 9.11. The molecule has 2 nitrogen and oxygen atoms in total. The van der Waals surface area contributed by atoms with Crippen molar-refractivity contribution in [3.05, 3.63) is 34.3 Å². The molecule has 1 aromatic rings. The minimum Gasteiger partial charge on any atom is -0.387 e. The van der Waals surface area contributed by atoms with E-state index in [4.69, 9.17) is 11.6 Å². The predicted octanol–water partition coefficient (Wildman–Crippen LogP) is 3.95. The Balaban J connectivity index is 2.02. The van der Waals surface area contributed by atoms with Crippen LogP contribution in [0.4, 0.5) is 0 Å². The molecule has 3 heteroatoms. The molecule has 0 saturated carbocycles. The fourth-order valence-electron chi connectivity index (χ4n) is 2.97. The average Bonchev–Trinajstić information content (AvgIpc) is 2.42. The first kappa shape index (κ1) is 14.8. The van der Waals surface area contributed by atoms with Gasteiger partial charge in [-0.25, -0.2) is 0 Å². The summed E-state index contributed by atoms with van der Waals surface area (Å²) in [5.41, 5.74) is 2.01. The van der Waals surface area contributed by atoms with Crippen LogP contribution in [-0.2, 0) is 0 Å². The lowest BCUT2D eigenvalue weighted by atomic mass is 9.98. The largest absolute Gasteiger partial charge is 0.387 e. The molecule has 0 aliphatic carbocycles. The van der Waals surface area contributed by atoms with Crippen LogP contribution in [0.3, 0.4) is 0 Å². The first-order valence-electron chi connectivity index (χ1n) is 7.30. The highest BCUT2D eigenvalue weighted by Crippen LogP contribution is 2.25. The molecule has 2 atom stereocenters. The topological polar surface area (TPSA) is 23.5 Å². The minimum absolute atomic E-state index is 0.414. The molecule has 106 valence electrons. The van der Waals surface area contributed by atoms with Gasteiger partial charge in [0.25, 0.3) is 0 Å². The Morgan fingerprint density at radius 1 is 1.42 bits per heavy atom. The number of likely N-dealkylation sites (tertiary alicyclic amines) is 1. The van der Waals surface area contributed by atoms with E-state index in [0.717, 1.165) is 29.2 Å². The summed E-state index contributed by atoms with van der Waals surface area (Å²) in [7, 11) is 0. The fourth-order valence-corrected chi connectivity index (χ4v) is 3.08. The van der Waals surface area contributed by atoms with E-state index in [2.05, 4.69) is 11.8 Å². The lowest BCUT2D eigenvalue weighted by Crippen LogP contribution is -2.41. The lowest BCUT2D eigenvalue weighted by molar-refractivity contribution is 0.0656. The van der Waals surface area contributed by atoms with Gasteiger partial charge >= 0.3 is 0 Å². The molecule has 1 aliphatic rings. The summed E-state index contributed by atoms with van der Waals surface area (Å²) in [6.07, 6.45) is 4.60. The van der Waals surface area contributed by atoms with Crippen LogP contribution in [0, 0.1) is 6.92 Å². The van der Waals surface area contributed by atoms with E-state index in [1.807, 2.05) is 25.1 Å². The van der Waals surface area contributed by atoms with E-state index < -0.39 is 6.10 Å². The van der Waals surface area contributed by atoms with E-state index in [-0.39, 0.29) is 0 Å². The summed E-state index contributed by atoms with van der Waals surface area (Å²) >= 11 is 6.03. The highest BCUT2D eigenvalue weighted by atomic mass is 35.5. The number of β-amino-alcohol motifs (C(OH)–C–C–N with tert-alkyl or cyclic N) is 1. The molecule has 2 unspecified atom stereocenters. The Kier molecular flexibility index (Phi) is 5.26. The van der Waals surface area contributed by atoms with Crippen molar-refractivity contribution in [1.29, 1.82) is 0 Å². The maximum absolute atomic E-state index is 10.4. The van der Waals surface area contributed by atoms with Gasteiger partial charge in [0.2, 0.25) is 0 Å². The van der Waals surface area contributed by atoms with Crippen molar-refractivity contribution in [2.24, 2.45) is 0 Å². The van der Waals surface area contributed by atoms with Crippen LogP contribution in [0.2, 0.25) is 5.02 Å². The van der Waals surface area contributed by atoms with Crippen LogP contribution in [0.15, 0.2) is 18.2 Å². The SMILES string of the molecule is CCC1CCCCN1CC(O)c1ccc(Cl)c(C)c1. The maximum atomic E-state index is 10.4. The number of halogens is 1. The fraction of sp³-hybridized carbons (Fsp3) is 0.625. The molecule has 1 aromatic carbocycles. The highest BCUT2D eigenvalue weighted by molar-refractivity contribution is 6.31. The molecule has 19 heavy (non-hydrogen) atoms. The third kappa shape index (κ3) is 3.71. The summed E-state index contributed by atoms with van der Waals surface area (Å²) in [4.78, 5) is 2.44. The lowest BCUT2D eigenvalue weighted by Gasteiger charge is -2.36. The van der Waals surface area contributed by atoms with Gasteiger partial charge in [0, 0.05) is 17.6 Å². The van der Waals surface area contributed by atoms with Crippen LogP contribution in [0.5, 0.6) is 0 Å². The second kappa shape index (κ2) is 6.74. The third-order valence-electron chi connectivity index (χ3n) is 4.19. The monoisotopic (exact) mass is 281 g/mol. The predicted molar refractivity (Wildman–Crippen MR) is 80.7 cm³/mol. The summed E-state index contributed by atoms with van der Waals surface area (Å²) in [5.74, 6) is 0. The van der Waals surface area contributed by atoms with Gasteiger partial charge in [0.05, 0.1) is 6.10 Å². The molecule has 0 spiro atoms. The van der Waals surface area contributed by atoms with Gasteiger partial charge in [0.15, 0.2) is 0 Å². The first-order valence-corrected chi connectivity index (χ1v) is 7.67. The van der Waals surface area contributed by atoms with Crippen LogP contribution in [0.25, 0.3) is 0 Å². The number of nitrogens with zero attached hydrogens (tertiary/aromatic N) is 1. The number of hydrogen-bond donors (Lipinski definition) is 1. The van der Waals surface area contributed by atoms with Crippen molar-refractivity contribution in [2.45, 2.75) is 51.7 Å². The normalized spacial score (nSPS) is 22.4. The molecule has 1 N–H and O–H groups in total. The number of aryl methyl sites for hydroxylation is 1. The van der Waals surface area contributed by atoms with Gasteiger partial charge < -0.3 is 5.11 Å². The van der Waals surface area contributed by atoms with E-state index in [0.29, 0.717) is 6.04 Å². The molecule has 1 aliphatic heterocycles. The Morgan fingerprint density at radius 3 is 2.89 bits per heavy atom. The number of aliphatic hydroxyl groups excluding tert-OH is 1. The average molecular weight is 282 g/mol. The van der Waals surface area contributed by atoms with Gasteiger partial charge in [0.1, 0.15) is 0 Å². The van der Waals surface area contributed by atoms with E-state index in [1.165, 1.54) is 25.7 Å². The molecular weight excluding hydrogens is 258 g/mol. The van der Waals surface area contributed by atoms with Crippen molar-refractivity contribution < 1.29 is 5.11 Å².